The van der Waals surface area contributed by atoms with Crippen LogP contribution < -0.4 is 14.8 Å². The van der Waals surface area contributed by atoms with Crippen molar-refractivity contribution in [2.75, 3.05) is 26.1 Å². The molecule has 29 heavy (non-hydrogen) atoms. The molecule has 0 aliphatic carbocycles. The van der Waals surface area contributed by atoms with Crippen LogP contribution in [0.4, 0.5) is 11.4 Å². The number of methoxy groups -OCH3 is 2. The molecule has 1 heterocycles. The van der Waals surface area contributed by atoms with Gasteiger partial charge in [0.2, 0.25) is 11.8 Å². The molecule has 1 saturated heterocycles. The third-order valence-corrected chi connectivity index (χ3v) is 4.77. The van der Waals surface area contributed by atoms with Gasteiger partial charge in [0.15, 0.2) is 0 Å². The SMILES string of the molecule is COc1ccc(CN2CC(C(=O)Nc3cc([N+](=O)[O-])ccc3OC)CC2=O)cc1. The van der Waals surface area contributed by atoms with Crippen LogP contribution in [0.3, 0.4) is 0 Å². The van der Waals surface area contributed by atoms with Gasteiger partial charge in [-0.05, 0) is 23.8 Å². The monoisotopic (exact) mass is 399 g/mol. The van der Waals surface area contributed by atoms with E-state index >= 15 is 0 Å². The highest BCUT2D eigenvalue weighted by molar-refractivity contribution is 5.98. The Hall–Kier alpha value is -3.62. The van der Waals surface area contributed by atoms with E-state index < -0.39 is 10.8 Å². The van der Waals surface area contributed by atoms with Crippen LogP contribution in [0.15, 0.2) is 42.5 Å². The molecule has 0 aromatic heterocycles. The molecule has 2 aromatic rings. The van der Waals surface area contributed by atoms with E-state index in [-0.39, 0.29) is 36.2 Å². The Balaban J connectivity index is 1.67. The third-order valence-electron chi connectivity index (χ3n) is 4.77. The summed E-state index contributed by atoms with van der Waals surface area (Å²) in [6.45, 7) is 0.667. The normalized spacial score (nSPS) is 15.9. The predicted molar refractivity (Wildman–Crippen MR) is 105 cm³/mol. The van der Waals surface area contributed by atoms with Gasteiger partial charge in [-0.2, -0.15) is 0 Å². The van der Waals surface area contributed by atoms with Gasteiger partial charge >= 0.3 is 0 Å². The summed E-state index contributed by atoms with van der Waals surface area (Å²) in [4.78, 5) is 37.1. The number of hydrogen-bond donors (Lipinski definition) is 1. The summed E-state index contributed by atoms with van der Waals surface area (Å²) in [6.07, 6.45) is 0.0826. The summed E-state index contributed by atoms with van der Waals surface area (Å²) in [7, 11) is 2.99. The molecular formula is C20H21N3O6. The lowest BCUT2D eigenvalue weighted by Gasteiger charge is -2.17. The quantitative estimate of drug-likeness (QED) is 0.566. The van der Waals surface area contributed by atoms with Crippen LogP contribution in [0.25, 0.3) is 0 Å². The van der Waals surface area contributed by atoms with Crippen LogP contribution >= 0.6 is 0 Å². The van der Waals surface area contributed by atoms with Gasteiger partial charge in [-0.15, -0.1) is 0 Å². The number of ether oxygens (including phenoxy) is 2. The van der Waals surface area contributed by atoms with Gasteiger partial charge < -0.3 is 19.7 Å². The molecule has 152 valence electrons. The van der Waals surface area contributed by atoms with E-state index in [1.54, 1.807) is 12.0 Å². The standard InChI is InChI=1S/C20H21N3O6/c1-28-16-6-3-13(4-7-16)11-22-12-14(9-19(22)24)20(25)21-17-10-15(23(26)27)5-8-18(17)29-2/h3-8,10,14H,9,11-12H2,1-2H3,(H,21,25). The van der Waals surface area contributed by atoms with Crippen LogP contribution in [-0.2, 0) is 16.1 Å². The second kappa shape index (κ2) is 8.59. The van der Waals surface area contributed by atoms with Crippen LogP contribution in [0.1, 0.15) is 12.0 Å². The number of nitro benzene ring substituents is 1. The van der Waals surface area contributed by atoms with E-state index in [0.29, 0.717) is 12.3 Å². The fraction of sp³-hybridized carbons (Fsp3) is 0.300. The van der Waals surface area contributed by atoms with Crippen LogP contribution in [0.2, 0.25) is 0 Å². The average Bonchev–Trinajstić information content (AvgIpc) is 3.09. The summed E-state index contributed by atoms with van der Waals surface area (Å²) in [5.74, 6) is -0.0147. The van der Waals surface area contributed by atoms with Crippen LogP contribution in [0, 0.1) is 16.0 Å². The number of nitrogens with zero attached hydrogens (tertiary/aromatic N) is 2. The number of rotatable bonds is 7. The molecule has 1 unspecified atom stereocenters. The first-order valence-corrected chi connectivity index (χ1v) is 8.95. The third kappa shape index (κ3) is 4.63. The molecule has 1 N–H and O–H groups in total. The Bertz CT molecular complexity index is 928. The van der Waals surface area contributed by atoms with Gasteiger partial charge in [-0.1, -0.05) is 12.1 Å². The minimum atomic E-state index is -0.551. The van der Waals surface area contributed by atoms with Crippen LogP contribution in [-0.4, -0.2) is 42.4 Å². The zero-order chi connectivity index (χ0) is 21.0. The molecule has 0 spiro atoms. The minimum absolute atomic E-state index is 0.0826. The maximum absolute atomic E-state index is 12.7. The molecule has 1 aliphatic heterocycles. The molecule has 1 fully saturated rings. The lowest BCUT2D eigenvalue weighted by atomic mass is 10.1. The van der Waals surface area contributed by atoms with Crippen molar-refractivity contribution < 1.29 is 24.0 Å². The number of carbonyl (C=O) groups excluding carboxylic acids is 2. The number of likely N-dealkylation sites (tertiary alicyclic amines) is 1. The molecule has 1 aliphatic rings. The Morgan fingerprint density at radius 2 is 1.93 bits per heavy atom. The summed E-state index contributed by atoms with van der Waals surface area (Å²) in [6, 6.07) is 11.3. The molecule has 0 radical (unpaired) electrons. The second-order valence-corrected chi connectivity index (χ2v) is 6.65. The lowest BCUT2D eigenvalue weighted by molar-refractivity contribution is -0.384. The number of hydrogen-bond acceptors (Lipinski definition) is 6. The van der Waals surface area contributed by atoms with Crippen molar-refractivity contribution in [2.45, 2.75) is 13.0 Å². The van der Waals surface area contributed by atoms with Crippen molar-refractivity contribution >= 4 is 23.2 Å². The van der Waals surface area contributed by atoms with E-state index in [2.05, 4.69) is 5.32 Å². The first-order chi connectivity index (χ1) is 13.9. The van der Waals surface area contributed by atoms with Gasteiger partial charge in [0.25, 0.3) is 5.69 Å². The largest absolute Gasteiger partial charge is 0.497 e. The summed E-state index contributed by atoms with van der Waals surface area (Å²) in [5.41, 5.74) is 0.970. The number of nitro groups is 1. The smallest absolute Gasteiger partial charge is 0.271 e. The molecule has 9 nitrogen and oxygen atoms in total. The van der Waals surface area contributed by atoms with Gasteiger partial charge in [-0.3, -0.25) is 19.7 Å². The zero-order valence-electron chi connectivity index (χ0n) is 16.1. The maximum atomic E-state index is 12.7. The number of carbonyl (C=O) groups is 2. The molecule has 0 bridgehead atoms. The number of anilines is 1. The van der Waals surface area contributed by atoms with Crippen LogP contribution in [0.5, 0.6) is 11.5 Å². The Labute approximate surface area is 167 Å². The minimum Gasteiger partial charge on any atom is -0.497 e. The van der Waals surface area contributed by atoms with Crippen molar-refractivity contribution in [3.8, 4) is 11.5 Å². The second-order valence-electron chi connectivity index (χ2n) is 6.65. The van der Waals surface area contributed by atoms with Gasteiger partial charge in [-0.25, -0.2) is 0 Å². The molecule has 3 rings (SSSR count). The Morgan fingerprint density at radius 3 is 2.55 bits per heavy atom. The molecule has 2 aromatic carbocycles. The van der Waals surface area contributed by atoms with Crippen molar-refractivity contribution in [3.63, 3.8) is 0 Å². The number of non-ortho nitro benzene ring substituents is 1. The first kappa shape index (κ1) is 20.1. The average molecular weight is 399 g/mol. The van der Waals surface area contributed by atoms with E-state index in [1.807, 2.05) is 24.3 Å². The van der Waals surface area contributed by atoms with Crippen molar-refractivity contribution in [1.29, 1.82) is 0 Å². The highest BCUT2D eigenvalue weighted by Gasteiger charge is 2.34. The predicted octanol–water partition coefficient (Wildman–Crippen LogP) is 2.60. The van der Waals surface area contributed by atoms with Gasteiger partial charge in [0, 0.05) is 31.6 Å². The van der Waals surface area contributed by atoms with Gasteiger partial charge in [0.05, 0.1) is 30.7 Å². The molecule has 0 saturated carbocycles. The molecule has 2 amide bonds. The molecular weight excluding hydrogens is 378 g/mol. The molecule has 9 heteroatoms. The Morgan fingerprint density at radius 1 is 1.21 bits per heavy atom. The Kier molecular flexibility index (Phi) is 5.96. The highest BCUT2D eigenvalue weighted by Crippen LogP contribution is 2.30. The highest BCUT2D eigenvalue weighted by atomic mass is 16.6. The topological polar surface area (TPSA) is 111 Å². The van der Waals surface area contributed by atoms with Crippen molar-refractivity contribution in [2.24, 2.45) is 5.92 Å². The van der Waals surface area contributed by atoms with Gasteiger partial charge in [0.1, 0.15) is 11.5 Å². The summed E-state index contributed by atoms with van der Waals surface area (Å²) >= 11 is 0. The van der Waals surface area contributed by atoms with E-state index in [0.717, 1.165) is 11.3 Å². The first-order valence-electron chi connectivity index (χ1n) is 8.95. The van der Waals surface area contributed by atoms with Crippen molar-refractivity contribution in [3.05, 3.63) is 58.1 Å². The number of amides is 2. The maximum Gasteiger partial charge on any atom is 0.271 e. The lowest BCUT2D eigenvalue weighted by Crippen LogP contribution is -2.28. The summed E-state index contributed by atoms with van der Waals surface area (Å²) < 4.78 is 10.3. The summed E-state index contributed by atoms with van der Waals surface area (Å²) in [5, 5.41) is 13.6. The van der Waals surface area contributed by atoms with E-state index in [1.165, 1.54) is 25.3 Å². The number of nitrogens with one attached hydrogen (secondary N) is 1. The van der Waals surface area contributed by atoms with E-state index in [9.17, 15) is 19.7 Å². The fourth-order valence-electron chi connectivity index (χ4n) is 3.19. The number of benzene rings is 2. The molecule has 1 atom stereocenters. The zero-order valence-corrected chi connectivity index (χ0v) is 16.1. The van der Waals surface area contributed by atoms with E-state index in [4.69, 9.17) is 9.47 Å². The fourth-order valence-corrected chi connectivity index (χ4v) is 3.19. The van der Waals surface area contributed by atoms with Crippen molar-refractivity contribution in [1.82, 2.24) is 4.90 Å².